The second-order valence-electron chi connectivity index (χ2n) is 3.59. The third-order valence-corrected chi connectivity index (χ3v) is 2.46. The van der Waals surface area contributed by atoms with Gasteiger partial charge >= 0.3 is 5.97 Å². The predicted octanol–water partition coefficient (Wildman–Crippen LogP) is -0.929. The van der Waals surface area contributed by atoms with Gasteiger partial charge in [-0.1, -0.05) is 0 Å². The lowest BCUT2D eigenvalue weighted by atomic mass is 10.3. The molecule has 0 aliphatic carbocycles. The Morgan fingerprint density at radius 3 is 2.21 bits per heavy atom. The molecule has 1 saturated heterocycles. The first-order valence-electron chi connectivity index (χ1n) is 4.99. The Hall–Kier alpha value is -0.650. The molecule has 1 fully saturated rings. The van der Waals surface area contributed by atoms with Crippen LogP contribution in [0.15, 0.2) is 0 Å². The number of carboxylic acid groups (broad SMARTS) is 1. The van der Waals surface area contributed by atoms with Gasteiger partial charge in [0, 0.05) is 39.3 Å². The Morgan fingerprint density at radius 2 is 1.71 bits per heavy atom. The van der Waals surface area contributed by atoms with Gasteiger partial charge in [-0.25, -0.2) is 0 Å². The van der Waals surface area contributed by atoms with Crippen LogP contribution < -0.4 is 0 Å². The van der Waals surface area contributed by atoms with Crippen LogP contribution in [0.5, 0.6) is 0 Å². The number of aliphatic hydroxyl groups excluding tert-OH is 1. The first-order chi connectivity index (χ1) is 6.72. The van der Waals surface area contributed by atoms with E-state index in [9.17, 15) is 4.79 Å². The molecule has 82 valence electrons. The van der Waals surface area contributed by atoms with Crippen molar-refractivity contribution in [2.45, 2.75) is 6.42 Å². The smallest absolute Gasteiger partial charge is 0.317 e. The molecule has 1 aliphatic rings. The zero-order valence-electron chi connectivity index (χ0n) is 8.35. The number of hydrogen-bond acceptors (Lipinski definition) is 4. The lowest BCUT2D eigenvalue weighted by molar-refractivity contribution is -0.138. The maximum Gasteiger partial charge on any atom is 0.317 e. The van der Waals surface area contributed by atoms with Crippen LogP contribution in [0.25, 0.3) is 0 Å². The molecule has 14 heavy (non-hydrogen) atoms. The third-order valence-electron chi connectivity index (χ3n) is 2.46. The maximum atomic E-state index is 10.4. The van der Waals surface area contributed by atoms with Crippen molar-refractivity contribution in [3.8, 4) is 0 Å². The fourth-order valence-corrected chi connectivity index (χ4v) is 1.66. The first kappa shape index (κ1) is 11.4. The van der Waals surface area contributed by atoms with Crippen molar-refractivity contribution in [2.24, 2.45) is 0 Å². The highest BCUT2D eigenvalue weighted by molar-refractivity contribution is 5.69. The Morgan fingerprint density at radius 1 is 1.14 bits per heavy atom. The van der Waals surface area contributed by atoms with E-state index in [0.717, 1.165) is 39.1 Å². The molecule has 0 aromatic carbocycles. The largest absolute Gasteiger partial charge is 0.480 e. The van der Waals surface area contributed by atoms with E-state index in [1.807, 2.05) is 4.90 Å². The van der Waals surface area contributed by atoms with Gasteiger partial charge in [-0.15, -0.1) is 0 Å². The minimum Gasteiger partial charge on any atom is -0.480 e. The summed E-state index contributed by atoms with van der Waals surface area (Å²) < 4.78 is 0. The molecule has 5 heteroatoms. The van der Waals surface area contributed by atoms with Gasteiger partial charge in [0.1, 0.15) is 0 Å². The molecule has 5 nitrogen and oxygen atoms in total. The minimum atomic E-state index is -0.756. The van der Waals surface area contributed by atoms with Crippen LogP contribution in [0.1, 0.15) is 6.42 Å². The first-order valence-corrected chi connectivity index (χ1v) is 4.99. The lowest BCUT2D eigenvalue weighted by Gasteiger charge is -2.33. The average Bonchev–Trinajstić information content (AvgIpc) is 2.16. The van der Waals surface area contributed by atoms with Crippen LogP contribution in [-0.2, 0) is 4.79 Å². The second-order valence-corrected chi connectivity index (χ2v) is 3.59. The summed E-state index contributed by atoms with van der Waals surface area (Å²) in [4.78, 5) is 14.6. The summed E-state index contributed by atoms with van der Waals surface area (Å²) in [5.41, 5.74) is 0. The van der Waals surface area contributed by atoms with Gasteiger partial charge < -0.3 is 15.1 Å². The van der Waals surface area contributed by atoms with Crippen molar-refractivity contribution in [2.75, 3.05) is 45.9 Å². The van der Waals surface area contributed by atoms with Crippen molar-refractivity contribution in [1.82, 2.24) is 9.80 Å². The number of hydrogen-bond donors (Lipinski definition) is 2. The van der Waals surface area contributed by atoms with E-state index in [2.05, 4.69) is 4.90 Å². The summed E-state index contributed by atoms with van der Waals surface area (Å²) in [6.07, 6.45) is 0.804. The monoisotopic (exact) mass is 202 g/mol. The quantitative estimate of drug-likeness (QED) is 0.603. The maximum absolute atomic E-state index is 10.4. The number of piperazine rings is 1. The normalized spacial score (nSPS) is 19.8. The van der Waals surface area contributed by atoms with Crippen molar-refractivity contribution in [1.29, 1.82) is 0 Å². The molecule has 0 unspecified atom stereocenters. The third kappa shape index (κ3) is 4.04. The van der Waals surface area contributed by atoms with Crippen molar-refractivity contribution < 1.29 is 15.0 Å². The second kappa shape index (κ2) is 5.95. The molecule has 0 amide bonds. The Balaban J connectivity index is 2.14. The minimum absolute atomic E-state index is 0.147. The van der Waals surface area contributed by atoms with Gasteiger partial charge in [-0.3, -0.25) is 9.69 Å². The Kier molecular flexibility index (Phi) is 4.86. The molecular weight excluding hydrogens is 184 g/mol. The Labute approximate surface area is 83.9 Å². The molecule has 0 bridgehead atoms. The molecule has 1 heterocycles. The summed E-state index contributed by atoms with van der Waals surface area (Å²) in [5, 5.41) is 17.2. The molecule has 0 spiro atoms. The van der Waals surface area contributed by atoms with Gasteiger partial charge in [0.25, 0.3) is 0 Å². The topological polar surface area (TPSA) is 64.0 Å². The molecule has 0 aromatic heterocycles. The highest BCUT2D eigenvalue weighted by Crippen LogP contribution is 2.01. The fraction of sp³-hybridized carbons (Fsp3) is 0.889. The molecule has 2 N–H and O–H groups in total. The van der Waals surface area contributed by atoms with Gasteiger partial charge in [0.15, 0.2) is 0 Å². The molecule has 0 radical (unpaired) electrons. The summed E-state index contributed by atoms with van der Waals surface area (Å²) in [6.45, 7) is 4.75. The van der Waals surface area contributed by atoms with E-state index in [1.54, 1.807) is 0 Å². The number of nitrogens with zero attached hydrogens (tertiary/aromatic N) is 2. The highest BCUT2D eigenvalue weighted by Gasteiger charge is 2.17. The van der Waals surface area contributed by atoms with Crippen LogP contribution in [0.2, 0.25) is 0 Å². The van der Waals surface area contributed by atoms with E-state index in [-0.39, 0.29) is 13.2 Å². The van der Waals surface area contributed by atoms with E-state index >= 15 is 0 Å². The van der Waals surface area contributed by atoms with Gasteiger partial charge in [-0.05, 0) is 6.42 Å². The number of carbonyl (C=O) groups is 1. The van der Waals surface area contributed by atoms with Crippen molar-refractivity contribution in [3.05, 3.63) is 0 Å². The summed E-state index contributed by atoms with van der Waals surface area (Å²) in [6, 6.07) is 0. The number of carboxylic acids is 1. The molecule has 0 aromatic rings. The fourth-order valence-electron chi connectivity index (χ4n) is 1.66. The van der Waals surface area contributed by atoms with Gasteiger partial charge in [-0.2, -0.15) is 0 Å². The van der Waals surface area contributed by atoms with E-state index < -0.39 is 5.97 Å². The standard InChI is InChI=1S/C9H18N2O3/c12-7-1-2-10-3-5-11(6-4-10)8-9(13)14/h12H,1-8H2,(H,13,14). The van der Waals surface area contributed by atoms with E-state index in [0.29, 0.717) is 0 Å². The summed E-state index contributed by atoms with van der Waals surface area (Å²) in [5.74, 6) is -0.756. The van der Waals surface area contributed by atoms with Gasteiger partial charge in [0.2, 0.25) is 0 Å². The molecule has 0 saturated carbocycles. The van der Waals surface area contributed by atoms with E-state index in [4.69, 9.17) is 10.2 Å². The zero-order valence-corrected chi connectivity index (χ0v) is 8.35. The lowest BCUT2D eigenvalue weighted by Crippen LogP contribution is -2.48. The van der Waals surface area contributed by atoms with E-state index in [1.165, 1.54) is 0 Å². The number of rotatable bonds is 5. The zero-order chi connectivity index (χ0) is 10.4. The average molecular weight is 202 g/mol. The van der Waals surface area contributed by atoms with Crippen LogP contribution in [-0.4, -0.2) is 71.9 Å². The van der Waals surface area contributed by atoms with Crippen molar-refractivity contribution in [3.63, 3.8) is 0 Å². The SMILES string of the molecule is O=C(O)CN1CCN(CCCO)CC1. The molecule has 1 aliphatic heterocycles. The molecular formula is C9H18N2O3. The van der Waals surface area contributed by atoms with Gasteiger partial charge in [0.05, 0.1) is 6.54 Å². The van der Waals surface area contributed by atoms with Crippen molar-refractivity contribution >= 4 is 5.97 Å². The molecule has 0 atom stereocenters. The highest BCUT2D eigenvalue weighted by atomic mass is 16.4. The van der Waals surface area contributed by atoms with Crippen LogP contribution in [0.3, 0.4) is 0 Å². The summed E-state index contributed by atoms with van der Waals surface area (Å²) >= 11 is 0. The number of aliphatic carboxylic acids is 1. The van der Waals surface area contributed by atoms with Crippen LogP contribution in [0, 0.1) is 0 Å². The Bertz CT molecular complexity index is 179. The van der Waals surface area contributed by atoms with Crippen LogP contribution >= 0.6 is 0 Å². The number of aliphatic hydroxyl groups is 1. The van der Waals surface area contributed by atoms with Crippen LogP contribution in [0.4, 0.5) is 0 Å². The summed E-state index contributed by atoms with van der Waals surface area (Å²) in [7, 11) is 0. The predicted molar refractivity (Wildman–Crippen MR) is 52.2 cm³/mol. The molecule has 1 rings (SSSR count).